The maximum absolute atomic E-state index is 13.8. The van der Waals surface area contributed by atoms with Gasteiger partial charge < -0.3 is 19.9 Å². The smallest absolute Gasteiger partial charge is 0.263 e. The Morgan fingerprint density at radius 1 is 1.00 bits per heavy atom. The van der Waals surface area contributed by atoms with Gasteiger partial charge in [-0.15, -0.1) is 10.2 Å². The third-order valence-electron chi connectivity index (χ3n) is 5.20. The molecular formula is C23H25FN6O2. The molecule has 1 N–H and O–H groups in total. The highest BCUT2D eigenvalue weighted by Crippen LogP contribution is 2.20. The van der Waals surface area contributed by atoms with Crippen LogP contribution < -0.4 is 15.0 Å². The quantitative estimate of drug-likeness (QED) is 0.635. The first-order chi connectivity index (χ1) is 15.5. The summed E-state index contributed by atoms with van der Waals surface area (Å²) >= 11 is 0. The molecule has 0 saturated carbocycles. The second kappa shape index (κ2) is 9.59. The molecule has 1 aromatic carbocycles. The number of halogens is 1. The molecule has 1 aliphatic rings. The molecule has 1 amide bonds. The number of aromatic nitrogens is 3. The Morgan fingerprint density at radius 3 is 2.47 bits per heavy atom. The van der Waals surface area contributed by atoms with Crippen LogP contribution >= 0.6 is 0 Å². The number of pyridine rings is 1. The number of carbonyl (C=O) groups is 1. The predicted molar refractivity (Wildman–Crippen MR) is 120 cm³/mol. The molecule has 1 unspecified atom stereocenters. The summed E-state index contributed by atoms with van der Waals surface area (Å²) in [7, 11) is 0. The van der Waals surface area contributed by atoms with Gasteiger partial charge in [-0.1, -0.05) is 18.2 Å². The molecule has 3 aromatic rings. The Labute approximate surface area is 186 Å². The van der Waals surface area contributed by atoms with Gasteiger partial charge in [-0.2, -0.15) is 0 Å². The van der Waals surface area contributed by atoms with Crippen molar-refractivity contribution >= 4 is 23.4 Å². The monoisotopic (exact) mass is 436 g/mol. The van der Waals surface area contributed by atoms with Crippen molar-refractivity contribution in [1.29, 1.82) is 0 Å². The van der Waals surface area contributed by atoms with Crippen molar-refractivity contribution in [1.82, 2.24) is 20.1 Å². The summed E-state index contributed by atoms with van der Waals surface area (Å²) < 4.78 is 19.3. The molecular weight excluding hydrogens is 411 g/mol. The van der Waals surface area contributed by atoms with E-state index in [0.717, 1.165) is 11.5 Å². The summed E-state index contributed by atoms with van der Waals surface area (Å²) in [5.41, 5.74) is 0.917. The van der Waals surface area contributed by atoms with Gasteiger partial charge in [-0.25, -0.2) is 9.37 Å². The van der Waals surface area contributed by atoms with Crippen LogP contribution in [0, 0.1) is 12.7 Å². The summed E-state index contributed by atoms with van der Waals surface area (Å²) in [6, 6.07) is 15.6. The topological polar surface area (TPSA) is 83.5 Å². The van der Waals surface area contributed by atoms with Crippen LogP contribution in [-0.4, -0.2) is 58.3 Å². The molecule has 0 bridgehead atoms. The number of carbonyl (C=O) groups excluding carboxylic acids is 1. The molecule has 9 heteroatoms. The number of rotatable bonds is 6. The number of piperazine rings is 1. The normalized spacial score (nSPS) is 14.7. The summed E-state index contributed by atoms with van der Waals surface area (Å²) in [5, 5.41) is 11.7. The zero-order chi connectivity index (χ0) is 22.5. The van der Waals surface area contributed by atoms with Crippen molar-refractivity contribution in [2.45, 2.75) is 20.0 Å². The van der Waals surface area contributed by atoms with Gasteiger partial charge in [0.1, 0.15) is 5.82 Å². The lowest BCUT2D eigenvalue weighted by atomic mass is 10.2. The van der Waals surface area contributed by atoms with Crippen molar-refractivity contribution in [2.75, 3.05) is 36.4 Å². The first-order valence-corrected chi connectivity index (χ1v) is 10.5. The third-order valence-corrected chi connectivity index (χ3v) is 5.20. The minimum absolute atomic E-state index is 0.0804. The molecule has 8 nitrogen and oxygen atoms in total. The number of amides is 1. The molecule has 4 rings (SSSR count). The Bertz CT molecular complexity index is 1070. The van der Waals surface area contributed by atoms with E-state index in [9.17, 15) is 9.18 Å². The average molecular weight is 436 g/mol. The fraction of sp³-hybridized carbons (Fsp3) is 0.304. The Morgan fingerprint density at radius 2 is 1.78 bits per heavy atom. The van der Waals surface area contributed by atoms with Gasteiger partial charge in [-0.3, -0.25) is 4.79 Å². The molecule has 0 spiro atoms. The molecule has 32 heavy (non-hydrogen) atoms. The van der Waals surface area contributed by atoms with Gasteiger partial charge >= 0.3 is 0 Å². The number of para-hydroxylation sites is 1. The number of aryl methyl sites for hydroxylation is 1. The zero-order valence-electron chi connectivity index (χ0n) is 18.0. The first-order valence-electron chi connectivity index (χ1n) is 10.5. The summed E-state index contributed by atoms with van der Waals surface area (Å²) in [5.74, 6) is 1.51. The van der Waals surface area contributed by atoms with E-state index in [1.807, 2.05) is 37.3 Å². The largest absolute Gasteiger partial charge is 0.478 e. The molecule has 166 valence electrons. The van der Waals surface area contributed by atoms with Crippen LogP contribution in [0.25, 0.3) is 0 Å². The fourth-order valence-corrected chi connectivity index (χ4v) is 3.50. The van der Waals surface area contributed by atoms with E-state index in [1.165, 1.54) is 12.1 Å². The molecule has 1 atom stereocenters. The van der Waals surface area contributed by atoms with Crippen LogP contribution in [0.1, 0.15) is 12.6 Å². The second-order valence-corrected chi connectivity index (χ2v) is 7.57. The maximum Gasteiger partial charge on any atom is 0.263 e. The number of ether oxygens (including phenoxy) is 1. The minimum atomic E-state index is -0.765. The molecule has 1 saturated heterocycles. The van der Waals surface area contributed by atoms with Crippen LogP contribution in [0.5, 0.6) is 5.75 Å². The van der Waals surface area contributed by atoms with E-state index in [1.54, 1.807) is 24.0 Å². The highest BCUT2D eigenvalue weighted by atomic mass is 19.1. The molecule has 3 heterocycles. The number of hydrogen-bond donors (Lipinski definition) is 1. The molecule has 0 radical (unpaired) electrons. The van der Waals surface area contributed by atoms with Crippen LogP contribution in [0.15, 0.2) is 54.6 Å². The van der Waals surface area contributed by atoms with E-state index in [-0.39, 0.29) is 11.7 Å². The van der Waals surface area contributed by atoms with Gasteiger partial charge in [-0.05, 0) is 50.2 Å². The van der Waals surface area contributed by atoms with E-state index < -0.39 is 11.9 Å². The lowest BCUT2D eigenvalue weighted by Gasteiger charge is -2.36. The van der Waals surface area contributed by atoms with Crippen LogP contribution in [0.3, 0.4) is 0 Å². The standard InChI is InChI=1S/C23H25FN6O2/c1-16-6-5-9-20(25-16)26-21-10-11-22(28-27-21)29-12-14-30(15-13-29)23(31)17(2)32-19-8-4-3-7-18(19)24/h3-11,17H,12-15H2,1-2H3,(H,25,26,27). The number of benzene rings is 1. The molecule has 2 aromatic heterocycles. The number of anilines is 3. The predicted octanol–water partition coefficient (Wildman–Crippen LogP) is 3.18. The first kappa shape index (κ1) is 21.5. The van der Waals surface area contributed by atoms with Gasteiger partial charge in [0.05, 0.1) is 0 Å². The minimum Gasteiger partial charge on any atom is -0.478 e. The fourth-order valence-electron chi connectivity index (χ4n) is 3.50. The van der Waals surface area contributed by atoms with Crippen LogP contribution in [0.2, 0.25) is 0 Å². The molecule has 1 aliphatic heterocycles. The summed E-state index contributed by atoms with van der Waals surface area (Å²) in [4.78, 5) is 20.9. The van der Waals surface area contributed by atoms with Crippen LogP contribution in [0.4, 0.5) is 21.8 Å². The van der Waals surface area contributed by atoms with Crippen molar-refractivity contribution < 1.29 is 13.9 Å². The Hall–Kier alpha value is -3.75. The SMILES string of the molecule is Cc1cccc(Nc2ccc(N3CCN(C(=O)C(C)Oc4ccccc4F)CC3)nn2)n1. The second-order valence-electron chi connectivity index (χ2n) is 7.57. The van der Waals surface area contributed by atoms with Gasteiger partial charge in [0.2, 0.25) is 0 Å². The lowest BCUT2D eigenvalue weighted by molar-refractivity contribution is -0.138. The highest BCUT2D eigenvalue weighted by Gasteiger charge is 2.27. The van der Waals surface area contributed by atoms with Crippen molar-refractivity contribution in [2.24, 2.45) is 0 Å². The van der Waals surface area contributed by atoms with Crippen molar-refractivity contribution in [3.8, 4) is 5.75 Å². The average Bonchev–Trinajstić information content (AvgIpc) is 2.81. The Balaban J connectivity index is 1.30. The number of nitrogens with zero attached hydrogens (tertiary/aromatic N) is 5. The van der Waals surface area contributed by atoms with E-state index >= 15 is 0 Å². The zero-order valence-corrected chi connectivity index (χ0v) is 18.0. The summed E-state index contributed by atoms with van der Waals surface area (Å²) in [6.07, 6.45) is -0.765. The van der Waals surface area contributed by atoms with Crippen molar-refractivity contribution in [3.63, 3.8) is 0 Å². The number of hydrogen-bond acceptors (Lipinski definition) is 7. The maximum atomic E-state index is 13.8. The van der Waals surface area contributed by atoms with Gasteiger partial charge in [0.25, 0.3) is 5.91 Å². The third kappa shape index (κ3) is 5.11. The van der Waals surface area contributed by atoms with E-state index in [0.29, 0.717) is 37.8 Å². The number of nitrogens with one attached hydrogen (secondary N) is 1. The van der Waals surface area contributed by atoms with Crippen LogP contribution in [-0.2, 0) is 4.79 Å². The highest BCUT2D eigenvalue weighted by molar-refractivity contribution is 5.81. The summed E-state index contributed by atoms with van der Waals surface area (Å²) in [6.45, 7) is 5.87. The molecule has 1 fully saturated rings. The molecule has 0 aliphatic carbocycles. The van der Waals surface area contributed by atoms with Crippen molar-refractivity contribution in [3.05, 3.63) is 66.1 Å². The van der Waals surface area contributed by atoms with E-state index in [2.05, 4.69) is 25.4 Å². The van der Waals surface area contributed by atoms with Gasteiger partial charge in [0.15, 0.2) is 29.3 Å². The van der Waals surface area contributed by atoms with E-state index in [4.69, 9.17) is 4.74 Å². The Kier molecular flexibility index (Phi) is 6.44. The van der Waals surface area contributed by atoms with Gasteiger partial charge in [0, 0.05) is 31.9 Å². The lowest BCUT2D eigenvalue weighted by Crippen LogP contribution is -2.52.